The predicted molar refractivity (Wildman–Crippen MR) is 90.8 cm³/mol. The van der Waals surface area contributed by atoms with E-state index >= 15 is 0 Å². The Bertz CT molecular complexity index is 739. The number of likely N-dealkylation sites (tertiary alicyclic amines) is 1. The SMILES string of the molecule is Fc1cccc(C2=NC3(CCN(Cc4ccccc4)CC3)ON2)c1. The van der Waals surface area contributed by atoms with Crippen LogP contribution in [0.3, 0.4) is 0 Å². The summed E-state index contributed by atoms with van der Waals surface area (Å²) >= 11 is 0. The number of aliphatic imine (C=N–C) groups is 1. The van der Waals surface area contributed by atoms with E-state index in [9.17, 15) is 4.39 Å². The van der Waals surface area contributed by atoms with Crippen LogP contribution in [-0.2, 0) is 11.4 Å². The molecular formula is C19H20FN3O. The van der Waals surface area contributed by atoms with E-state index in [1.54, 1.807) is 6.07 Å². The molecule has 0 unspecified atom stereocenters. The van der Waals surface area contributed by atoms with Crippen molar-refractivity contribution >= 4 is 5.84 Å². The summed E-state index contributed by atoms with van der Waals surface area (Å²) in [5.41, 5.74) is 4.41. The van der Waals surface area contributed by atoms with Crippen molar-refractivity contribution in [3.05, 3.63) is 71.5 Å². The fraction of sp³-hybridized carbons (Fsp3) is 0.316. The van der Waals surface area contributed by atoms with Crippen LogP contribution in [0.25, 0.3) is 0 Å². The zero-order valence-corrected chi connectivity index (χ0v) is 13.4. The lowest BCUT2D eigenvalue weighted by Gasteiger charge is -2.35. The second kappa shape index (κ2) is 6.34. The Balaban J connectivity index is 1.42. The Morgan fingerprint density at radius 3 is 2.62 bits per heavy atom. The van der Waals surface area contributed by atoms with Gasteiger partial charge in [-0.15, -0.1) is 0 Å². The highest BCUT2D eigenvalue weighted by atomic mass is 19.1. The van der Waals surface area contributed by atoms with Crippen molar-refractivity contribution in [3.63, 3.8) is 0 Å². The van der Waals surface area contributed by atoms with Crippen molar-refractivity contribution in [2.45, 2.75) is 25.1 Å². The van der Waals surface area contributed by atoms with Crippen LogP contribution >= 0.6 is 0 Å². The van der Waals surface area contributed by atoms with E-state index in [0.717, 1.165) is 38.0 Å². The highest BCUT2D eigenvalue weighted by Gasteiger charge is 2.40. The highest BCUT2D eigenvalue weighted by Crippen LogP contribution is 2.31. The number of halogens is 1. The average Bonchev–Trinajstić information content (AvgIpc) is 3.02. The van der Waals surface area contributed by atoms with Crippen LogP contribution in [0.1, 0.15) is 24.0 Å². The van der Waals surface area contributed by atoms with Gasteiger partial charge in [-0.2, -0.15) is 0 Å². The Labute approximate surface area is 140 Å². The van der Waals surface area contributed by atoms with Gasteiger partial charge in [-0.25, -0.2) is 19.7 Å². The largest absolute Gasteiger partial charge is 0.299 e. The monoisotopic (exact) mass is 325 g/mol. The molecule has 1 fully saturated rings. The van der Waals surface area contributed by atoms with Gasteiger partial charge in [0, 0.05) is 38.0 Å². The van der Waals surface area contributed by atoms with E-state index in [4.69, 9.17) is 9.83 Å². The van der Waals surface area contributed by atoms with Crippen LogP contribution in [0, 0.1) is 5.82 Å². The number of piperidine rings is 1. The molecule has 2 aliphatic heterocycles. The Kier molecular flexibility index (Phi) is 4.04. The summed E-state index contributed by atoms with van der Waals surface area (Å²) in [7, 11) is 0. The number of hydrogen-bond acceptors (Lipinski definition) is 4. The molecule has 4 rings (SSSR count). The van der Waals surface area contributed by atoms with Gasteiger partial charge in [-0.05, 0) is 17.7 Å². The highest BCUT2D eigenvalue weighted by molar-refractivity contribution is 5.99. The summed E-state index contributed by atoms with van der Waals surface area (Å²) in [6.45, 7) is 2.80. The number of benzene rings is 2. The molecule has 0 saturated carbocycles. The maximum atomic E-state index is 13.4. The van der Waals surface area contributed by atoms with Crippen LogP contribution in [0.4, 0.5) is 4.39 Å². The Morgan fingerprint density at radius 1 is 1.08 bits per heavy atom. The van der Waals surface area contributed by atoms with Gasteiger partial charge in [-0.3, -0.25) is 4.90 Å². The van der Waals surface area contributed by atoms with Gasteiger partial charge < -0.3 is 0 Å². The number of nitrogens with one attached hydrogen (secondary N) is 1. The Hall–Kier alpha value is -2.24. The maximum absolute atomic E-state index is 13.4. The molecule has 0 radical (unpaired) electrons. The summed E-state index contributed by atoms with van der Waals surface area (Å²) in [6.07, 6.45) is 1.65. The molecule has 124 valence electrons. The lowest BCUT2D eigenvalue weighted by molar-refractivity contribution is -0.0901. The normalized spacial score (nSPS) is 20.0. The number of amidine groups is 1. The third-order valence-electron chi connectivity index (χ3n) is 4.64. The molecule has 2 heterocycles. The fourth-order valence-corrected chi connectivity index (χ4v) is 3.27. The van der Waals surface area contributed by atoms with Gasteiger partial charge in [0.15, 0.2) is 11.6 Å². The first-order valence-corrected chi connectivity index (χ1v) is 8.29. The quantitative estimate of drug-likeness (QED) is 0.942. The van der Waals surface area contributed by atoms with E-state index in [0.29, 0.717) is 5.84 Å². The lowest BCUT2D eigenvalue weighted by Crippen LogP contribution is -2.44. The smallest absolute Gasteiger partial charge is 0.190 e. The number of hydroxylamine groups is 1. The van der Waals surface area contributed by atoms with Gasteiger partial charge in [0.1, 0.15) is 5.82 Å². The molecule has 24 heavy (non-hydrogen) atoms. The van der Waals surface area contributed by atoms with Gasteiger partial charge in [0.25, 0.3) is 0 Å². The van der Waals surface area contributed by atoms with E-state index in [1.165, 1.54) is 17.7 Å². The Morgan fingerprint density at radius 2 is 1.88 bits per heavy atom. The van der Waals surface area contributed by atoms with Crippen molar-refractivity contribution in [2.75, 3.05) is 13.1 Å². The maximum Gasteiger partial charge on any atom is 0.190 e. The molecule has 0 bridgehead atoms. The summed E-state index contributed by atoms with van der Waals surface area (Å²) in [4.78, 5) is 12.9. The summed E-state index contributed by atoms with van der Waals surface area (Å²) in [5.74, 6) is 0.349. The van der Waals surface area contributed by atoms with Gasteiger partial charge >= 0.3 is 0 Å². The minimum atomic E-state index is -0.519. The summed E-state index contributed by atoms with van der Waals surface area (Å²) in [6, 6.07) is 16.9. The van der Waals surface area contributed by atoms with Crippen LogP contribution in [-0.4, -0.2) is 29.6 Å². The summed E-state index contributed by atoms with van der Waals surface area (Å²) in [5, 5.41) is 0. The first-order valence-electron chi connectivity index (χ1n) is 8.29. The third-order valence-corrected chi connectivity index (χ3v) is 4.64. The standard InChI is InChI=1S/C19H20FN3O/c20-17-8-4-7-16(13-17)18-21-19(24-22-18)9-11-23(12-10-19)14-15-5-2-1-3-6-15/h1-8,13H,9-12,14H2,(H,21,22). The van der Waals surface area contributed by atoms with Gasteiger partial charge in [0.2, 0.25) is 0 Å². The molecule has 1 saturated heterocycles. The van der Waals surface area contributed by atoms with Crippen molar-refractivity contribution in [3.8, 4) is 0 Å². The zero-order valence-electron chi connectivity index (χ0n) is 13.4. The van der Waals surface area contributed by atoms with Crippen molar-refractivity contribution in [2.24, 2.45) is 4.99 Å². The minimum Gasteiger partial charge on any atom is -0.299 e. The third kappa shape index (κ3) is 3.18. The van der Waals surface area contributed by atoms with Crippen molar-refractivity contribution in [1.29, 1.82) is 0 Å². The first kappa shape index (κ1) is 15.3. The van der Waals surface area contributed by atoms with E-state index in [-0.39, 0.29) is 5.82 Å². The van der Waals surface area contributed by atoms with Gasteiger partial charge in [0.05, 0.1) is 0 Å². The molecule has 0 aliphatic carbocycles. The zero-order chi connectivity index (χ0) is 16.4. The van der Waals surface area contributed by atoms with E-state index in [1.807, 2.05) is 12.1 Å². The van der Waals surface area contributed by atoms with Crippen LogP contribution < -0.4 is 5.48 Å². The molecule has 1 spiro atoms. The second-order valence-corrected chi connectivity index (χ2v) is 6.38. The topological polar surface area (TPSA) is 36.9 Å². The molecule has 2 aromatic carbocycles. The molecule has 0 atom stereocenters. The van der Waals surface area contributed by atoms with E-state index in [2.05, 4.69) is 34.6 Å². The first-order chi connectivity index (χ1) is 11.7. The molecular weight excluding hydrogens is 305 g/mol. The van der Waals surface area contributed by atoms with Gasteiger partial charge in [-0.1, -0.05) is 42.5 Å². The summed E-state index contributed by atoms with van der Waals surface area (Å²) < 4.78 is 13.4. The van der Waals surface area contributed by atoms with Crippen molar-refractivity contribution < 1.29 is 9.23 Å². The lowest BCUT2D eigenvalue weighted by atomic mass is 10.0. The van der Waals surface area contributed by atoms with Crippen LogP contribution in [0.5, 0.6) is 0 Å². The van der Waals surface area contributed by atoms with Crippen LogP contribution in [0.15, 0.2) is 59.6 Å². The molecule has 0 amide bonds. The fourth-order valence-electron chi connectivity index (χ4n) is 3.27. The average molecular weight is 325 g/mol. The molecule has 5 heteroatoms. The number of rotatable bonds is 3. The molecule has 2 aromatic rings. The van der Waals surface area contributed by atoms with E-state index < -0.39 is 5.72 Å². The van der Waals surface area contributed by atoms with Crippen LogP contribution in [0.2, 0.25) is 0 Å². The molecule has 0 aromatic heterocycles. The van der Waals surface area contributed by atoms with Crippen molar-refractivity contribution in [1.82, 2.24) is 10.4 Å². The number of nitrogens with zero attached hydrogens (tertiary/aromatic N) is 2. The molecule has 1 N–H and O–H groups in total. The second-order valence-electron chi connectivity index (χ2n) is 6.38. The minimum absolute atomic E-state index is 0.268. The molecule has 2 aliphatic rings. The molecule has 4 nitrogen and oxygen atoms in total. The predicted octanol–water partition coefficient (Wildman–Crippen LogP) is 3.10. The number of hydrogen-bond donors (Lipinski definition) is 1.